The average Bonchev–Trinajstić information content (AvgIpc) is 3.85. The van der Waals surface area contributed by atoms with Crippen molar-refractivity contribution in [1.82, 2.24) is 49.3 Å². The minimum absolute atomic E-state index is 0.819. The predicted molar refractivity (Wildman–Crippen MR) is 188 cm³/mol. The maximum Gasteiger partial charge on any atom is 0.137 e. The molecule has 0 saturated carbocycles. The first-order valence-corrected chi connectivity index (χ1v) is 16.5. The molecule has 10 nitrogen and oxygen atoms in total. The highest BCUT2D eigenvalue weighted by molar-refractivity contribution is 5.85. The topological polar surface area (TPSA) is 99.5 Å². The van der Waals surface area contributed by atoms with Crippen LogP contribution >= 0.6 is 0 Å². The molecule has 0 spiro atoms. The zero-order chi connectivity index (χ0) is 32.5. The molecule has 4 heterocycles. The number of hydrogen-bond donors (Lipinski definition) is 2. The molecule has 0 amide bonds. The van der Waals surface area contributed by atoms with Gasteiger partial charge in [-0.05, 0) is 134 Å². The molecule has 0 aliphatic heterocycles. The highest BCUT2D eigenvalue weighted by Crippen LogP contribution is 2.24. The molecule has 0 fully saturated rings. The molecule has 6 rings (SSSR count). The summed E-state index contributed by atoms with van der Waals surface area (Å²) < 4.78 is 4.15. The van der Waals surface area contributed by atoms with E-state index < -0.39 is 0 Å². The smallest absolute Gasteiger partial charge is 0.137 e. The number of aryl methyl sites for hydroxylation is 4. The van der Waals surface area contributed by atoms with Crippen LogP contribution in [0, 0.1) is 6.92 Å². The Morgan fingerprint density at radius 1 is 0.717 bits per heavy atom. The highest BCUT2D eigenvalue weighted by Gasteiger charge is 2.09. The van der Waals surface area contributed by atoms with Crippen LogP contribution in [0.1, 0.15) is 60.9 Å². The summed E-state index contributed by atoms with van der Waals surface area (Å²) in [6.07, 6.45) is 15.9. The third-order valence-corrected chi connectivity index (χ3v) is 8.56. The lowest BCUT2D eigenvalue weighted by Gasteiger charge is -2.09. The summed E-state index contributed by atoms with van der Waals surface area (Å²) >= 11 is 0. The monoisotopic (exact) mass is 622 g/mol. The van der Waals surface area contributed by atoms with E-state index in [0.29, 0.717) is 0 Å². The van der Waals surface area contributed by atoms with E-state index in [9.17, 15) is 0 Å². The second kappa shape index (κ2) is 15.8. The maximum absolute atomic E-state index is 4.18. The van der Waals surface area contributed by atoms with Gasteiger partial charge in [-0.15, -0.1) is 20.4 Å². The van der Waals surface area contributed by atoms with Crippen LogP contribution in [0.4, 0.5) is 0 Å². The van der Waals surface area contributed by atoms with Crippen molar-refractivity contribution in [3.8, 4) is 5.69 Å². The molecule has 0 radical (unpaired) electrons. The van der Waals surface area contributed by atoms with E-state index in [1.807, 2.05) is 6.92 Å². The van der Waals surface area contributed by atoms with Crippen LogP contribution in [-0.2, 0) is 25.8 Å². The standard InChI is InChI=1S/2C18H25N5/c1-14-21-20-13-23(14)12-15-7-8-18-17(10-15)16(11-19-18)6-4-5-9-22(2)3;1-4-18-21-20-13-23(18)15-8-9-17-16(11-15)14(12-19-17)7-5-6-10-22(2)3/h7-8,10-11,13,19H,4-6,9,12H2,1-3H3;8-9,11-13,19H,4-7,10H2,1-3H3. The van der Waals surface area contributed by atoms with E-state index in [1.165, 1.54) is 64.2 Å². The van der Waals surface area contributed by atoms with E-state index in [-0.39, 0.29) is 0 Å². The van der Waals surface area contributed by atoms with E-state index in [2.05, 4.69) is 133 Å². The average molecular weight is 623 g/mol. The number of nitrogens with one attached hydrogen (secondary N) is 2. The summed E-state index contributed by atoms with van der Waals surface area (Å²) in [5.41, 5.74) is 7.65. The number of hydrogen-bond acceptors (Lipinski definition) is 6. The summed E-state index contributed by atoms with van der Waals surface area (Å²) in [5.74, 6) is 1.94. The van der Waals surface area contributed by atoms with E-state index in [0.717, 1.165) is 56.2 Å². The molecule has 244 valence electrons. The summed E-state index contributed by atoms with van der Waals surface area (Å²) in [6.45, 7) is 7.21. The molecule has 4 aromatic heterocycles. The van der Waals surface area contributed by atoms with Crippen LogP contribution in [0.15, 0.2) is 61.4 Å². The second-order valence-electron chi connectivity index (χ2n) is 12.7. The van der Waals surface area contributed by atoms with E-state index in [4.69, 9.17) is 0 Å². The first kappa shape index (κ1) is 33.1. The van der Waals surface area contributed by atoms with Crippen LogP contribution in [0.3, 0.4) is 0 Å². The van der Waals surface area contributed by atoms with Gasteiger partial charge in [0.05, 0.1) is 6.54 Å². The lowest BCUT2D eigenvalue weighted by atomic mass is 10.0. The van der Waals surface area contributed by atoms with Gasteiger partial charge < -0.3 is 24.3 Å². The number of H-pyrrole nitrogens is 2. The fourth-order valence-corrected chi connectivity index (χ4v) is 5.92. The zero-order valence-electron chi connectivity index (χ0n) is 28.4. The van der Waals surface area contributed by atoms with Gasteiger partial charge in [-0.1, -0.05) is 13.0 Å². The van der Waals surface area contributed by atoms with Gasteiger partial charge in [0, 0.05) is 46.3 Å². The Kier molecular flexibility index (Phi) is 11.4. The molecule has 0 unspecified atom stereocenters. The van der Waals surface area contributed by atoms with E-state index in [1.54, 1.807) is 12.7 Å². The highest BCUT2D eigenvalue weighted by atomic mass is 15.3. The molecule has 6 aromatic rings. The number of nitrogens with zero attached hydrogens (tertiary/aromatic N) is 8. The first-order chi connectivity index (χ1) is 22.3. The number of unbranched alkanes of at least 4 members (excludes halogenated alkanes) is 2. The Balaban J connectivity index is 0.000000181. The predicted octanol–water partition coefficient (Wildman–Crippen LogP) is 6.20. The van der Waals surface area contributed by atoms with Crippen molar-refractivity contribution in [3.63, 3.8) is 0 Å². The van der Waals surface area contributed by atoms with Crippen molar-refractivity contribution in [1.29, 1.82) is 0 Å². The van der Waals surface area contributed by atoms with Crippen molar-refractivity contribution in [2.75, 3.05) is 41.3 Å². The van der Waals surface area contributed by atoms with Crippen LogP contribution in [-0.4, -0.2) is 90.6 Å². The Bertz CT molecular complexity index is 1800. The summed E-state index contributed by atoms with van der Waals surface area (Å²) in [4.78, 5) is 11.3. The molecular weight excluding hydrogens is 572 g/mol. The Hall–Kier alpha value is -4.28. The minimum atomic E-state index is 0.819. The molecule has 0 aliphatic carbocycles. The van der Waals surface area contributed by atoms with Gasteiger partial charge in [-0.2, -0.15) is 0 Å². The number of aromatic nitrogens is 8. The van der Waals surface area contributed by atoms with Crippen LogP contribution in [0.25, 0.3) is 27.5 Å². The van der Waals surface area contributed by atoms with Gasteiger partial charge in [0.1, 0.15) is 24.3 Å². The normalized spacial score (nSPS) is 11.7. The Morgan fingerprint density at radius 2 is 1.33 bits per heavy atom. The molecule has 0 saturated heterocycles. The minimum Gasteiger partial charge on any atom is -0.361 e. The number of fused-ring (bicyclic) bond motifs is 2. The maximum atomic E-state index is 4.18. The van der Waals surface area contributed by atoms with Gasteiger partial charge in [0.25, 0.3) is 0 Å². The molecule has 0 atom stereocenters. The second-order valence-corrected chi connectivity index (χ2v) is 12.7. The lowest BCUT2D eigenvalue weighted by molar-refractivity contribution is 0.394. The quantitative estimate of drug-likeness (QED) is 0.141. The van der Waals surface area contributed by atoms with Crippen molar-refractivity contribution in [2.45, 2.75) is 65.3 Å². The molecule has 46 heavy (non-hydrogen) atoms. The van der Waals surface area contributed by atoms with Crippen molar-refractivity contribution < 1.29 is 0 Å². The number of rotatable bonds is 14. The lowest BCUT2D eigenvalue weighted by Crippen LogP contribution is -2.12. The Morgan fingerprint density at radius 3 is 1.91 bits per heavy atom. The number of aromatic amines is 2. The van der Waals surface area contributed by atoms with Gasteiger partial charge in [0.2, 0.25) is 0 Å². The van der Waals surface area contributed by atoms with Crippen molar-refractivity contribution >= 4 is 21.8 Å². The zero-order valence-corrected chi connectivity index (χ0v) is 28.4. The van der Waals surface area contributed by atoms with Crippen molar-refractivity contribution in [3.05, 3.63) is 89.8 Å². The molecular formula is C36H50N10. The Labute approximate surface area is 272 Å². The molecule has 10 heteroatoms. The van der Waals surface area contributed by atoms with Gasteiger partial charge in [-0.25, -0.2) is 0 Å². The third kappa shape index (κ3) is 8.50. The molecule has 2 aromatic carbocycles. The van der Waals surface area contributed by atoms with Crippen LogP contribution < -0.4 is 0 Å². The summed E-state index contributed by atoms with van der Waals surface area (Å²) in [6, 6.07) is 13.2. The SMILES string of the molecule is CCc1nncn1-c1ccc2[nH]cc(CCCCN(C)C)c2c1.Cc1nncn1Cc1ccc2[nH]cc(CCCCN(C)C)c2c1. The third-order valence-electron chi connectivity index (χ3n) is 8.56. The van der Waals surface area contributed by atoms with E-state index >= 15 is 0 Å². The van der Waals surface area contributed by atoms with Crippen LogP contribution in [0.2, 0.25) is 0 Å². The van der Waals surface area contributed by atoms with Gasteiger partial charge >= 0.3 is 0 Å². The van der Waals surface area contributed by atoms with Gasteiger partial charge in [0.15, 0.2) is 0 Å². The van der Waals surface area contributed by atoms with Crippen LogP contribution in [0.5, 0.6) is 0 Å². The van der Waals surface area contributed by atoms with Crippen molar-refractivity contribution in [2.24, 2.45) is 0 Å². The van der Waals surface area contributed by atoms with Gasteiger partial charge in [-0.3, -0.25) is 4.57 Å². The molecule has 0 bridgehead atoms. The summed E-state index contributed by atoms with van der Waals surface area (Å²) in [5, 5.41) is 18.9. The fourth-order valence-electron chi connectivity index (χ4n) is 5.92. The number of benzene rings is 2. The summed E-state index contributed by atoms with van der Waals surface area (Å²) in [7, 11) is 8.51. The fraction of sp³-hybridized carbons (Fsp3) is 0.444. The first-order valence-electron chi connectivity index (χ1n) is 16.5. The molecule has 2 N–H and O–H groups in total. The molecule has 0 aliphatic rings. The largest absolute Gasteiger partial charge is 0.361 e.